The van der Waals surface area contributed by atoms with Crippen molar-refractivity contribution in [2.24, 2.45) is 0 Å². The van der Waals surface area contributed by atoms with Crippen LogP contribution >= 0.6 is 12.4 Å². The first-order valence-electron chi connectivity index (χ1n) is 7.84. The van der Waals surface area contributed by atoms with Gasteiger partial charge in [0.1, 0.15) is 6.61 Å². The van der Waals surface area contributed by atoms with E-state index in [2.05, 4.69) is 5.32 Å². The summed E-state index contributed by atoms with van der Waals surface area (Å²) in [4.78, 5) is 16.9. The van der Waals surface area contributed by atoms with Crippen molar-refractivity contribution in [3.05, 3.63) is 59.2 Å². The van der Waals surface area contributed by atoms with Crippen molar-refractivity contribution >= 4 is 18.8 Å². The molecule has 134 valence electrons. The highest BCUT2D eigenvalue weighted by Crippen LogP contribution is 2.33. The maximum Gasteiger partial charge on any atom is 0.233 e. The fraction of sp³-hybridized carbons (Fsp3) is 0.278. The highest BCUT2D eigenvalue weighted by molar-refractivity contribution is 5.85. The molecule has 1 aliphatic heterocycles. The molecule has 0 saturated carbocycles. The molecule has 0 bridgehead atoms. The lowest BCUT2D eigenvalue weighted by Gasteiger charge is -2.30. The summed E-state index contributed by atoms with van der Waals surface area (Å²) in [7, 11) is 0. The van der Waals surface area contributed by atoms with E-state index < -0.39 is 0 Å². The summed E-state index contributed by atoms with van der Waals surface area (Å²) in [6.45, 7) is 1.35. The summed E-state index contributed by atoms with van der Waals surface area (Å²) in [6.07, 6.45) is 1.41. The van der Waals surface area contributed by atoms with Gasteiger partial charge in [-0.25, -0.2) is 5.06 Å². The van der Waals surface area contributed by atoms with Crippen LogP contribution < -0.4 is 5.32 Å². The van der Waals surface area contributed by atoms with Crippen molar-refractivity contribution < 1.29 is 19.8 Å². The number of rotatable bonds is 6. The third-order valence-corrected chi connectivity index (χ3v) is 4.12. The number of benzene rings is 2. The molecule has 0 radical (unpaired) electrons. The summed E-state index contributed by atoms with van der Waals surface area (Å²) in [5, 5.41) is 23.9. The van der Waals surface area contributed by atoms with Crippen LogP contribution in [0.25, 0.3) is 0 Å². The van der Waals surface area contributed by atoms with E-state index in [1.54, 1.807) is 12.1 Å². The van der Waals surface area contributed by atoms with Gasteiger partial charge in [0.25, 0.3) is 0 Å². The lowest BCUT2D eigenvalue weighted by Crippen LogP contribution is -2.38. The van der Waals surface area contributed by atoms with Crippen molar-refractivity contribution in [2.45, 2.75) is 19.1 Å². The Kier molecular flexibility index (Phi) is 6.64. The van der Waals surface area contributed by atoms with Gasteiger partial charge in [-0.1, -0.05) is 30.3 Å². The van der Waals surface area contributed by atoms with Crippen LogP contribution in [0.15, 0.2) is 42.5 Å². The highest BCUT2D eigenvalue weighted by atomic mass is 35.5. The molecule has 3 N–H and O–H groups in total. The number of phenolic OH excluding ortho intramolecular Hbond substituents is 2. The molecule has 25 heavy (non-hydrogen) atoms. The number of carbonyl (C=O) groups excluding carboxylic acids is 1. The maximum atomic E-state index is 11.3. The van der Waals surface area contributed by atoms with Gasteiger partial charge in [0.05, 0.1) is 12.6 Å². The molecule has 7 heteroatoms. The van der Waals surface area contributed by atoms with E-state index in [9.17, 15) is 15.0 Å². The molecule has 2 aromatic rings. The minimum atomic E-state index is -0.166. The Bertz CT molecular complexity index is 712. The number of hydrogen-bond donors (Lipinski definition) is 3. The predicted octanol–water partition coefficient (Wildman–Crippen LogP) is 2.30. The lowest BCUT2D eigenvalue weighted by atomic mass is 9.93. The van der Waals surface area contributed by atoms with Gasteiger partial charge in [0.15, 0.2) is 11.5 Å². The molecule has 0 aliphatic carbocycles. The maximum absolute atomic E-state index is 11.3. The van der Waals surface area contributed by atoms with E-state index >= 15 is 0 Å². The smallest absolute Gasteiger partial charge is 0.233 e. The Morgan fingerprint density at radius 1 is 1.20 bits per heavy atom. The van der Waals surface area contributed by atoms with Gasteiger partial charge in [0, 0.05) is 0 Å². The first kappa shape index (κ1) is 19.1. The number of phenols is 2. The Labute approximate surface area is 152 Å². The van der Waals surface area contributed by atoms with Crippen LogP contribution in [0.2, 0.25) is 0 Å². The molecule has 2 aromatic carbocycles. The van der Waals surface area contributed by atoms with Crippen LogP contribution in [0.5, 0.6) is 11.5 Å². The van der Waals surface area contributed by atoms with Gasteiger partial charge < -0.3 is 15.5 Å². The van der Waals surface area contributed by atoms with Crippen LogP contribution in [0, 0.1) is 0 Å². The molecule has 1 amide bonds. The molecule has 0 aromatic heterocycles. The summed E-state index contributed by atoms with van der Waals surface area (Å²) in [6, 6.07) is 12.6. The molecule has 0 fully saturated rings. The van der Waals surface area contributed by atoms with Gasteiger partial charge in [-0.15, -0.1) is 12.4 Å². The zero-order chi connectivity index (χ0) is 16.9. The van der Waals surface area contributed by atoms with E-state index in [1.807, 2.05) is 30.3 Å². The normalized spacial score (nSPS) is 15.8. The molecule has 1 aliphatic rings. The SMILES string of the molecule is Cl.O=CN(CC1NCCc2cc(O)c(O)cc21)OCc1ccccc1. The fourth-order valence-corrected chi connectivity index (χ4v) is 2.87. The van der Waals surface area contributed by atoms with Crippen LogP contribution in [0.3, 0.4) is 0 Å². The lowest BCUT2D eigenvalue weighted by molar-refractivity contribution is -0.179. The highest BCUT2D eigenvalue weighted by Gasteiger charge is 2.24. The van der Waals surface area contributed by atoms with Crippen molar-refractivity contribution in [2.75, 3.05) is 13.1 Å². The molecular formula is C18H21ClN2O4. The largest absolute Gasteiger partial charge is 0.504 e. The Balaban J connectivity index is 0.00000225. The van der Waals surface area contributed by atoms with Crippen molar-refractivity contribution in [1.29, 1.82) is 0 Å². The fourth-order valence-electron chi connectivity index (χ4n) is 2.87. The number of nitrogens with zero attached hydrogens (tertiary/aromatic N) is 1. The third-order valence-electron chi connectivity index (χ3n) is 4.12. The zero-order valence-electron chi connectivity index (χ0n) is 13.6. The minimum Gasteiger partial charge on any atom is -0.504 e. The molecule has 3 rings (SSSR count). The number of carbonyl (C=O) groups is 1. The molecule has 1 heterocycles. The standard InChI is InChI=1S/C18H20N2O4.ClH/c21-12-20(24-11-13-4-2-1-3-5-13)10-16-15-9-18(23)17(22)8-14(15)6-7-19-16;/h1-5,8-9,12,16,19,22-23H,6-7,10-11H2;1H. The molecule has 1 atom stereocenters. The predicted molar refractivity (Wildman–Crippen MR) is 95.5 cm³/mol. The average molecular weight is 365 g/mol. The zero-order valence-corrected chi connectivity index (χ0v) is 14.4. The number of nitrogens with one attached hydrogen (secondary N) is 1. The topological polar surface area (TPSA) is 82.0 Å². The quantitative estimate of drug-likeness (QED) is 0.416. The number of hydroxylamine groups is 2. The van der Waals surface area contributed by atoms with Crippen molar-refractivity contribution in [1.82, 2.24) is 10.4 Å². The van der Waals surface area contributed by atoms with Gasteiger partial charge in [0.2, 0.25) is 6.41 Å². The second-order valence-electron chi connectivity index (χ2n) is 5.76. The van der Waals surface area contributed by atoms with Crippen LogP contribution in [0.4, 0.5) is 0 Å². The molecule has 0 saturated heterocycles. The van der Waals surface area contributed by atoms with Crippen molar-refractivity contribution in [3.8, 4) is 11.5 Å². The van der Waals surface area contributed by atoms with E-state index in [0.717, 1.165) is 29.7 Å². The van der Waals surface area contributed by atoms with Crippen LogP contribution in [-0.2, 0) is 22.7 Å². The number of aromatic hydroxyl groups is 2. The first-order valence-corrected chi connectivity index (χ1v) is 7.84. The molecule has 0 spiro atoms. The summed E-state index contributed by atoms with van der Waals surface area (Å²) >= 11 is 0. The molecule has 1 unspecified atom stereocenters. The average Bonchev–Trinajstić information content (AvgIpc) is 2.61. The van der Waals surface area contributed by atoms with E-state index in [-0.39, 0.29) is 29.9 Å². The second kappa shape index (κ2) is 8.71. The van der Waals surface area contributed by atoms with E-state index in [1.165, 1.54) is 5.06 Å². The third kappa shape index (κ3) is 4.63. The van der Waals surface area contributed by atoms with Gasteiger partial charge in [-0.2, -0.15) is 0 Å². The Morgan fingerprint density at radius 2 is 1.92 bits per heavy atom. The number of amides is 1. The molecule has 6 nitrogen and oxygen atoms in total. The second-order valence-corrected chi connectivity index (χ2v) is 5.76. The summed E-state index contributed by atoms with van der Waals surface area (Å²) in [5.41, 5.74) is 2.80. The Hall–Kier alpha value is -2.28. The minimum absolute atomic E-state index is 0. The monoisotopic (exact) mass is 364 g/mol. The van der Waals surface area contributed by atoms with Gasteiger partial charge in [-0.3, -0.25) is 9.63 Å². The van der Waals surface area contributed by atoms with E-state index in [4.69, 9.17) is 4.84 Å². The number of halogens is 1. The van der Waals surface area contributed by atoms with Gasteiger partial charge in [-0.05, 0) is 41.8 Å². The summed E-state index contributed by atoms with van der Waals surface area (Å²) in [5.74, 6) is -0.285. The Morgan fingerprint density at radius 3 is 2.64 bits per heavy atom. The van der Waals surface area contributed by atoms with Crippen LogP contribution in [0.1, 0.15) is 22.7 Å². The van der Waals surface area contributed by atoms with Gasteiger partial charge >= 0.3 is 0 Å². The van der Waals surface area contributed by atoms with E-state index in [0.29, 0.717) is 19.6 Å². The first-order chi connectivity index (χ1) is 11.7. The number of fused-ring (bicyclic) bond motifs is 1. The van der Waals surface area contributed by atoms with Crippen LogP contribution in [-0.4, -0.2) is 34.8 Å². The molecular weight excluding hydrogens is 344 g/mol. The van der Waals surface area contributed by atoms with Crippen molar-refractivity contribution in [3.63, 3.8) is 0 Å². The summed E-state index contributed by atoms with van der Waals surface area (Å²) < 4.78 is 0. The number of hydrogen-bond acceptors (Lipinski definition) is 5.